The predicted molar refractivity (Wildman–Crippen MR) is 350 cm³/mol. The smallest absolute Gasteiger partial charge is 0.233 e. The summed E-state index contributed by atoms with van der Waals surface area (Å²) in [5, 5.41) is 21.1. The van der Waals surface area contributed by atoms with Gasteiger partial charge in [0.2, 0.25) is 35.7 Å². The molecule has 16 nitrogen and oxygen atoms in total. The zero-order valence-electron chi connectivity index (χ0n) is 54.9. The number of carbonyl (C=O) groups is 4. The van der Waals surface area contributed by atoms with Crippen LogP contribution in [0.4, 0.5) is 47.1 Å². The van der Waals surface area contributed by atoms with Crippen molar-refractivity contribution in [2.75, 3.05) is 31.9 Å². The monoisotopic (exact) mass is 1170 g/mol. The molecule has 458 valence electrons. The molecule has 0 unspecified atom stereocenters. The first kappa shape index (κ1) is 64.4. The van der Waals surface area contributed by atoms with Gasteiger partial charge >= 0.3 is 0 Å². The molecule has 0 spiro atoms. The summed E-state index contributed by atoms with van der Waals surface area (Å²) in [6, 6.07) is 20.3. The van der Waals surface area contributed by atoms with Gasteiger partial charge in [-0.3, -0.25) is 19.2 Å². The number of ketones is 4. The van der Waals surface area contributed by atoms with E-state index >= 15 is 19.2 Å². The fourth-order valence-corrected chi connectivity index (χ4v) is 10.6. The van der Waals surface area contributed by atoms with Crippen LogP contribution in [-0.2, 0) is 0 Å². The fraction of sp³-hybridized carbons (Fsp3) is 0.514. The molecule has 8 rings (SSSR count). The molecule has 2 aliphatic rings. The molecule has 16 heteroatoms. The molecule has 0 bridgehead atoms. The van der Waals surface area contributed by atoms with E-state index in [1.807, 2.05) is 0 Å². The minimum atomic E-state index is -0.428. The third kappa shape index (κ3) is 16.1. The molecule has 86 heavy (non-hydrogen) atoms. The molecule has 4 aromatic carbocycles. The lowest BCUT2D eigenvalue weighted by Gasteiger charge is -2.32. The van der Waals surface area contributed by atoms with Crippen LogP contribution in [0.25, 0.3) is 11.1 Å². The van der Waals surface area contributed by atoms with E-state index in [1.54, 1.807) is 72.8 Å². The molecule has 0 saturated carbocycles. The number of anilines is 8. The molecule has 0 fully saturated rings. The van der Waals surface area contributed by atoms with Crippen LogP contribution in [0.15, 0.2) is 72.8 Å². The summed E-state index contributed by atoms with van der Waals surface area (Å²) in [7, 11) is 0. The van der Waals surface area contributed by atoms with Crippen molar-refractivity contribution in [2.45, 2.75) is 212 Å². The lowest BCUT2D eigenvalue weighted by molar-refractivity contribution is 0.0978. The van der Waals surface area contributed by atoms with Gasteiger partial charge in [0, 0.05) is 55.5 Å². The first-order valence-electron chi connectivity index (χ1n) is 30.6. The highest BCUT2D eigenvalue weighted by atomic mass is 16.1. The number of hydrogen-bond acceptors (Lipinski definition) is 16. The second-order valence-electron chi connectivity index (χ2n) is 31.4. The molecule has 0 saturated heterocycles. The van der Waals surface area contributed by atoms with Crippen molar-refractivity contribution >= 4 is 70.2 Å². The van der Waals surface area contributed by atoms with Crippen molar-refractivity contribution < 1.29 is 19.2 Å². The topological polar surface area (TPSA) is 218 Å². The standard InChI is InChI=1S/C70H94N12O4/c1-63(2,3)33-37-67(13,14)79-59-73-57(74-60(77-59)80-68(15,16)38-34-64(4,5)6)71-47-31-29-41(49-51(47)55(85)45-27-23-21-25-43(45)53(49)83)42-30-32-48(52-50(42)54(84)44-26-22-24-28-46(44)56(52)86)72-58-75-61(81-69(17,18)39-35-65(7,8)9)78-62(76-58)82-70(19,20)40-36-66(10,11)12/h21-32H,33-40H2,1-20H3,(H3,71,73,74,77,79,80)(H3,72,75,76,78,81,82). The Morgan fingerprint density at radius 1 is 0.267 bits per heavy atom. The van der Waals surface area contributed by atoms with E-state index in [0.29, 0.717) is 23.8 Å². The molecule has 6 N–H and O–H groups in total. The number of hydrogen-bond donors (Lipinski definition) is 6. The van der Waals surface area contributed by atoms with Gasteiger partial charge < -0.3 is 31.9 Å². The number of benzene rings is 4. The Bertz CT molecular complexity index is 3250. The summed E-state index contributed by atoms with van der Waals surface area (Å²) >= 11 is 0. The van der Waals surface area contributed by atoms with E-state index in [9.17, 15) is 0 Å². The van der Waals surface area contributed by atoms with Crippen LogP contribution in [0, 0.1) is 21.7 Å². The number of carbonyl (C=O) groups excluding carboxylic acids is 4. The van der Waals surface area contributed by atoms with Crippen molar-refractivity contribution in [2.24, 2.45) is 21.7 Å². The summed E-state index contributed by atoms with van der Waals surface area (Å²) in [5.74, 6) is -0.0931. The van der Waals surface area contributed by atoms with Gasteiger partial charge in [0.25, 0.3) is 0 Å². The van der Waals surface area contributed by atoms with Crippen molar-refractivity contribution in [3.05, 3.63) is 117 Å². The first-order valence-corrected chi connectivity index (χ1v) is 30.6. The Labute approximate surface area is 511 Å². The van der Waals surface area contributed by atoms with Gasteiger partial charge in [-0.05, 0) is 152 Å². The summed E-state index contributed by atoms with van der Waals surface area (Å²) < 4.78 is 0. The van der Waals surface area contributed by atoms with E-state index in [2.05, 4.69) is 170 Å². The molecular weight excluding hydrogens is 1070 g/mol. The number of fused-ring (bicyclic) bond motifs is 4. The molecule has 0 amide bonds. The Morgan fingerprint density at radius 3 is 0.721 bits per heavy atom. The van der Waals surface area contributed by atoms with E-state index in [1.165, 1.54) is 0 Å². The van der Waals surface area contributed by atoms with E-state index in [4.69, 9.17) is 29.9 Å². The second kappa shape index (κ2) is 23.6. The van der Waals surface area contributed by atoms with E-state index in [-0.39, 0.29) is 101 Å². The van der Waals surface area contributed by atoms with Crippen LogP contribution < -0.4 is 31.9 Å². The number of nitrogens with one attached hydrogen (secondary N) is 6. The largest absolute Gasteiger partial charge is 0.349 e. The first-order chi connectivity index (χ1) is 39.6. The number of rotatable bonds is 21. The van der Waals surface area contributed by atoms with Gasteiger partial charge in [-0.2, -0.15) is 29.9 Å². The molecule has 2 aliphatic carbocycles. The normalized spacial score (nSPS) is 14.0. The molecule has 2 aromatic heterocycles. The fourth-order valence-electron chi connectivity index (χ4n) is 10.6. The zero-order valence-corrected chi connectivity index (χ0v) is 54.9. The third-order valence-corrected chi connectivity index (χ3v) is 16.0. The van der Waals surface area contributed by atoms with Crippen LogP contribution >= 0.6 is 0 Å². The van der Waals surface area contributed by atoms with Crippen LogP contribution in [0.5, 0.6) is 0 Å². The molecule has 0 radical (unpaired) electrons. The Balaban J connectivity index is 1.28. The SMILES string of the molecule is CC(C)(C)CCC(C)(C)Nc1nc(Nc2ccc(-c3ccc(Nc4nc(NC(C)(C)CCC(C)(C)C)nc(NC(C)(C)CCC(C)(C)C)n4)c4c3C(=O)c3ccccc3C4=O)c3c2C(=O)c2ccccc2C3=O)nc(NC(C)(C)CCC(C)(C)C)n1. The summed E-state index contributed by atoms with van der Waals surface area (Å²) in [4.78, 5) is 90.7. The highest BCUT2D eigenvalue weighted by Gasteiger charge is 2.40. The molecule has 2 heterocycles. The van der Waals surface area contributed by atoms with E-state index < -0.39 is 45.3 Å². The lowest BCUT2D eigenvalue weighted by atomic mass is 9.75. The van der Waals surface area contributed by atoms with Crippen molar-refractivity contribution in [3.63, 3.8) is 0 Å². The highest BCUT2D eigenvalue weighted by Crippen LogP contribution is 2.45. The number of nitrogens with zero attached hydrogens (tertiary/aromatic N) is 6. The van der Waals surface area contributed by atoms with E-state index in [0.717, 1.165) is 51.4 Å². The minimum Gasteiger partial charge on any atom is -0.349 e. The summed E-state index contributed by atoms with van der Waals surface area (Å²) in [6.07, 6.45) is 7.11. The maximum atomic E-state index is 15.4. The predicted octanol–water partition coefficient (Wildman–Crippen LogP) is 16.8. The Morgan fingerprint density at radius 2 is 0.488 bits per heavy atom. The average Bonchev–Trinajstić information content (AvgIpc) is 0.733. The quantitative estimate of drug-likeness (QED) is 0.0394. The lowest BCUT2D eigenvalue weighted by Crippen LogP contribution is -2.35. The van der Waals surface area contributed by atoms with Gasteiger partial charge in [0.05, 0.1) is 22.5 Å². The van der Waals surface area contributed by atoms with Gasteiger partial charge in [0.15, 0.2) is 23.1 Å². The van der Waals surface area contributed by atoms with Gasteiger partial charge in [-0.25, -0.2) is 0 Å². The van der Waals surface area contributed by atoms with Crippen molar-refractivity contribution in [3.8, 4) is 11.1 Å². The Kier molecular flexibility index (Phi) is 17.6. The summed E-state index contributed by atoms with van der Waals surface area (Å²) in [5.41, 5.74) is 0.964. The molecule has 0 atom stereocenters. The number of aromatic nitrogens is 6. The van der Waals surface area contributed by atoms with Crippen molar-refractivity contribution in [1.82, 2.24) is 29.9 Å². The second-order valence-corrected chi connectivity index (χ2v) is 31.4. The highest BCUT2D eigenvalue weighted by molar-refractivity contribution is 6.35. The molecular formula is C70H94N12O4. The third-order valence-electron chi connectivity index (χ3n) is 16.0. The van der Waals surface area contributed by atoms with Gasteiger partial charge in [-0.15, -0.1) is 0 Å². The minimum absolute atomic E-state index is 0.0603. The molecule has 6 aromatic rings. The van der Waals surface area contributed by atoms with Crippen LogP contribution in [0.3, 0.4) is 0 Å². The molecule has 0 aliphatic heterocycles. The average molecular weight is 1170 g/mol. The van der Waals surface area contributed by atoms with Gasteiger partial charge in [-0.1, -0.05) is 144 Å². The maximum absolute atomic E-state index is 15.4. The summed E-state index contributed by atoms with van der Waals surface area (Å²) in [6.45, 7) is 43.6. The maximum Gasteiger partial charge on any atom is 0.233 e. The van der Waals surface area contributed by atoms with Crippen LogP contribution in [-0.4, -0.2) is 75.2 Å². The van der Waals surface area contributed by atoms with Crippen LogP contribution in [0.1, 0.15) is 254 Å². The van der Waals surface area contributed by atoms with Crippen molar-refractivity contribution in [1.29, 1.82) is 0 Å². The van der Waals surface area contributed by atoms with Gasteiger partial charge in [0.1, 0.15) is 0 Å². The van der Waals surface area contributed by atoms with Crippen LogP contribution in [0.2, 0.25) is 0 Å². The zero-order chi connectivity index (χ0) is 63.3. The Hall–Kier alpha value is -7.62.